The Morgan fingerprint density at radius 3 is 2.31 bits per heavy atom. The van der Waals surface area contributed by atoms with Gasteiger partial charge in [-0.1, -0.05) is 11.6 Å². The van der Waals surface area contributed by atoms with Crippen molar-refractivity contribution < 1.29 is 13.2 Å². The van der Waals surface area contributed by atoms with Gasteiger partial charge in [-0.3, -0.25) is 4.79 Å². The summed E-state index contributed by atoms with van der Waals surface area (Å²) < 4.78 is 29.0. The zero-order valence-corrected chi connectivity index (χ0v) is 16.2. The van der Waals surface area contributed by atoms with Crippen LogP contribution >= 0.6 is 11.6 Å². The van der Waals surface area contributed by atoms with Crippen LogP contribution in [-0.4, -0.2) is 60.3 Å². The summed E-state index contributed by atoms with van der Waals surface area (Å²) in [7, 11) is -0.206. The summed E-state index contributed by atoms with van der Waals surface area (Å²) in [6.07, 6.45) is 5.76. The van der Waals surface area contributed by atoms with Crippen molar-refractivity contribution in [2.45, 2.75) is 23.3 Å². The largest absolute Gasteiger partial charge is 0.347 e. The third kappa shape index (κ3) is 3.24. The van der Waals surface area contributed by atoms with Crippen LogP contribution in [0.3, 0.4) is 0 Å². The van der Waals surface area contributed by atoms with Crippen LogP contribution in [0.4, 0.5) is 0 Å². The van der Waals surface area contributed by atoms with Crippen molar-refractivity contribution in [1.82, 2.24) is 18.8 Å². The topological polar surface area (TPSA) is 75.5 Å². The van der Waals surface area contributed by atoms with Crippen molar-refractivity contribution in [1.29, 1.82) is 0 Å². The summed E-state index contributed by atoms with van der Waals surface area (Å²) in [4.78, 5) is 18.7. The number of nitrogens with zero attached hydrogens (tertiary/aromatic N) is 4. The van der Waals surface area contributed by atoms with Gasteiger partial charge in [-0.15, -0.1) is 0 Å². The Labute approximate surface area is 158 Å². The van der Waals surface area contributed by atoms with Crippen LogP contribution in [0.2, 0.25) is 5.02 Å². The first-order valence-corrected chi connectivity index (χ1v) is 10.0. The summed E-state index contributed by atoms with van der Waals surface area (Å²) in [6.45, 7) is 0.505. The van der Waals surface area contributed by atoms with Crippen LogP contribution in [-0.2, 0) is 20.4 Å². The van der Waals surface area contributed by atoms with E-state index < -0.39 is 15.6 Å². The van der Waals surface area contributed by atoms with Gasteiger partial charge in [0.2, 0.25) is 15.9 Å². The van der Waals surface area contributed by atoms with Crippen LogP contribution in [0, 0.1) is 0 Å². The van der Waals surface area contributed by atoms with Crippen molar-refractivity contribution in [2.75, 3.05) is 27.2 Å². The molecule has 1 aromatic heterocycles. The molecule has 1 amide bonds. The molecule has 2 heterocycles. The van der Waals surface area contributed by atoms with Gasteiger partial charge in [-0.05, 0) is 37.1 Å². The summed E-state index contributed by atoms with van der Waals surface area (Å²) >= 11 is 5.85. The maximum absolute atomic E-state index is 12.9. The van der Waals surface area contributed by atoms with Gasteiger partial charge < -0.3 is 9.47 Å². The normalized spacial score (nSPS) is 17.8. The molecule has 7 nitrogen and oxygen atoms in total. The van der Waals surface area contributed by atoms with E-state index in [9.17, 15) is 13.2 Å². The predicted octanol–water partition coefficient (Wildman–Crippen LogP) is 1.80. The number of aromatic nitrogens is 2. The van der Waals surface area contributed by atoms with Crippen molar-refractivity contribution in [3.63, 3.8) is 0 Å². The molecular weight excluding hydrogens is 376 g/mol. The molecule has 1 saturated heterocycles. The fourth-order valence-electron chi connectivity index (χ4n) is 3.36. The zero-order chi connectivity index (χ0) is 18.9. The van der Waals surface area contributed by atoms with Gasteiger partial charge in [0.15, 0.2) is 0 Å². The maximum atomic E-state index is 12.9. The molecule has 0 aliphatic carbocycles. The number of benzene rings is 1. The van der Waals surface area contributed by atoms with Gasteiger partial charge in [-0.2, -0.15) is 4.31 Å². The molecule has 26 heavy (non-hydrogen) atoms. The first-order chi connectivity index (χ1) is 12.3. The number of halogens is 1. The second-order valence-electron chi connectivity index (χ2n) is 6.56. The lowest BCUT2D eigenvalue weighted by Crippen LogP contribution is -2.55. The molecule has 3 rings (SSSR count). The van der Waals surface area contributed by atoms with E-state index in [4.69, 9.17) is 11.6 Å². The van der Waals surface area contributed by atoms with Crippen molar-refractivity contribution in [2.24, 2.45) is 0 Å². The van der Waals surface area contributed by atoms with Crippen LogP contribution in [0.5, 0.6) is 0 Å². The fraction of sp³-hybridized carbons (Fsp3) is 0.412. The second kappa shape index (κ2) is 7.02. The third-order valence-corrected chi connectivity index (χ3v) is 6.97. The Kier molecular flexibility index (Phi) is 5.09. The predicted molar refractivity (Wildman–Crippen MR) is 98.3 cm³/mol. The Hall–Kier alpha value is -1.90. The molecule has 9 heteroatoms. The number of hydrogen-bond donors (Lipinski definition) is 0. The Bertz CT molecular complexity index is 871. The molecule has 2 aromatic rings. The molecule has 0 N–H and O–H groups in total. The molecule has 0 radical (unpaired) electrons. The van der Waals surface area contributed by atoms with Crippen molar-refractivity contribution in [3.8, 4) is 0 Å². The van der Waals surface area contributed by atoms with Crippen molar-refractivity contribution in [3.05, 3.63) is 48.0 Å². The molecular formula is C17H21ClN4O3S. The average molecular weight is 397 g/mol. The van der Waals surface area contributed by atoms with E-state index in [1.807, 2.05) is 0 Å². The minimum absolute atomic E-state index is 0.0564. The van der Waals surface area contributed by atoms with E-state index in [0.29, 0.717) is 17.9 Å². The molecule has 0 spiro atoms. The van der Waals surface area contributed by atoms with E-state index >= 15 is 0 Å². The minimum Gasteiger partial charge on any atom is -0.347 e. The van der Waals surface area contributed by atoms with Crippen LogP contribution < -0.4 is 0 Å². The Morgan fingerprint density at radius 2 is 1.81 bits per heavy atom. The molecule has 1 aromatic carbocycles. The molecule has 0 bridgehead atoms. The lowest BCUT2D eigenvalue weighted by molar-refractivity contribution is -0.140. The smallest absolute Gasteiger partial charge is 0.248 e. The van der Waals surface area contributed by atoms with Crippen LogP contribution in [0.25, 0.3) is 0 Å². The highest BCUT2D eigenvalue weighted by molar-refractivity contribution is 7.89. The van der Waals surface area contributed by atoms with Gasteiger partial charge in [0.05, 0.1) is 11.2 Å². The number of sulfonamides is 1. The van der Waals surface area contributed by atoms with Gasteiger partial charge in [0.1, 0.15) is 5.54 Å². The maximum Gasteiger partial charge on any atom is 0.248 e. The molecule has 140 valence electrons. The lowest BCUT2D eigenvalue weighted by atomic mass is 9.86. The highest BCUT2D eigenvalue weighted by Crippen LogP contribution is 2.34. The number of likely N-dealkylation sites (N-methyl/N-ethyl adjacent to an activating group) is 1. The number of rotatable bonds is 4. The van der Waals surface area contributed by atoms with Crippen molar-refractivity contribution >= 4 is 27.5 Å². The molecule has 0 saturated carbocycles. The number of carbonyl (C=O) groups is 1. The SMILES string of the molecule is CN(C)C(=O)C1(n2ccnc2)CCN(S(=O)(=O)c2ccc(Cl)cc2)CC1. The number of carbonyl (C=O) groups excluding carboxylic acids is 1. The second-order valence-corrected chi connectivity index (χ2v) is 8.93. The highest BCUT2D eigenvalue weighted by Gasteiger charge is 2.45. The van der Waals surface area contributed by atoms with Gasteiger partial charge in [-0.25, -0.2) is 13.4 Å². The first kappa shape index (κ1) is 18.9. The van der Waals surface area contributed by atoms with Gasteiger partial charge in [0.25, 0.3) is 0 Å². The lowest BCUT2D eigenvalue weighted by Gasteiger charge is -2.42. The van der Waals surface area contributed by atoms with Crippen LogP contribution in [0.15, 0.2) is 47.9 Å². The number of hydrogen-bond acceptors (Lipinski definition) is 4. The quantitative estimate of drug-likeness (QED) is 0.789. The molecule has 0 unspecified atom stereocenters. The Morgan fingerprint density at radius 1 is 1.19 bits per heavy atom. The van der Waals surface area contributed by atoms with Gasteiger partial charge in [0, 0.05) is 44.6 Å². The summed E-state index contributed by atoms with van der Waals surface area (Å²) in [5, 5.41) is 0.485. The molecule has 1 aliphatic heterocycles. The van der Waals surface area contributed by atoms with E-state index in [1.54, 1.807) is 54.4 Å². The zero-order valence-electron chi connectivity index (χ0n) is 14.7. The third-order valence-electron chi connectivity index (χ3n) is 4.80. The van der Waals surface area contributed by atoms with E-state index in [2.05, 4.69) is 4.98 Å². The van der Waals surface area contributed by atoms with E-state index in [1.165, 1.54) is 16.4 Å². The number of piperidine rings is 1. The summed E-state index contributed by atoms with van der Waals surface area (Å²) in [6, 6.07) is 6.12. The molecule has 1 fully saturated rings. The average Bonchev–Trinajstić information content (AvgIpc) is 3.16. The Balaban J connectivity index is 1.86. The van der Waals surface area contributed by atoms with Crippen LogP contribution in [0.1, 0.15) is 12.8 Å². The monoisotopic (exact) mass is 396 g/mol. The summed E-state index contributed by atoms with van der Waals surface area (Å²) in [5.41, 5.74) is -0.813. The number of amides is 1. The minimum atomic E-state index is -3.62. The highest BCUT2D eigenvalue weighted by atomic mass is 35.5. The molecule has 1 aliphatic rings. The standard InChI is InChI=1S/C17H21ClN4O3S/c1-20(2)16(23)17(21-12-9-19-13-21)7-10-22(11-8-17)26(24,25)15-5-3-14(18)4-6-15/h3-6,9,12-13H,7-8,10-11H2,1-2H3. The number of imidazole rings is 1. The van der Waals surface area contributed by atoms with E-state index in [0.717, 1.165) is 0 Å². The van der Waals surface area contributed by atoms with Gasteiger partial charge >= 0.3 is 0 Å². The fourth-order valence-corrected chi connectivity index (χ4v) is 4.93. The first-order valence-electron chi connectivity index (χ1n) is 8.23. The summed E-state index contributed by atoms with van der Waals surface area (Å²) in [5.74, 6) is -0.0564. The van der Waals surface area contributed by atoms with E-state index in [-0.39, 0.29) is 23.9 Å². The molecule has 0 atom stereocenters.